The fourth-order valence-corrected chi connectivity index (χ4v) is 1.26. The zero-order chi connectivity index (χ0) is 14.5. The van der Waals surface area contributed by atoms with E-state index in [4.69, 9.17) is 10.3 Å². The Kier molecular flexibility index (Phi) is 5.74. The van der Waals surface area contributed by atoms with E-state index in [2.05, 4.69) is 14.9 Å². The van der Waals surface area contributed by atoms with E-state index in [-0.39, 0.29) is 25.0 Å². The van der Waals surface area contributed by atoms with Crippen molar-refractivity contribution in [2.45, 2.75) is 38.9 Å². The minimum Gasteiger partial charge on any atom is -0.372 e. The van der Waals surface area contributed by atoms with Crippen molar-refractivity contribution in [1.29, 1.82) is 0 Å². The Bertz CT molecular complexity index is 380. The zero-order valence-electron chi connectivity index (χ0n) is 10.9. The predicted molar refractivity (Wildman–Crippen MR) is 61.4 cm³/mol. The molecule has 0 saturated heterocycles. The van der Waals surface area contributed by atoms with Crippen LogP contribution < -0.4 is 5.73 Å². The van der Waals surface area contributed by atoms with Gasteiger partial charge in [-0.25, -0.2) is 0 Å². The first-order valence-corrected chi connectivity index (χ1v) is 5.99. The summed E-state index contributed by atoms with van der Waals surface area (Å²) >= 11 is 0. The van der Waals surface area contributed by atoms with Gasteiger partial charge < -0.3 is 15.0 Å². The number of halogens is 3. The third-order valence-electron chi connectivity index (χ3n) is 2.51. The van der Waals surface area contributed by atoms with Crippen molar-refractivity contribution in [2.24, 2.45) is 11.7 Å². The van der Waals surface area contributed by atoms with Crippen LogP contribution in [-0.2, 0) is 17.6 Å². The first-order valence-electron chi connectivity index (χ1n) is 5.99. The minimum absolute atomic E-state index is 0.0882. The van der Waals surface area contributed by atoms with Gasteiger partial charge in [0.25, 0.3) is 0 Å². The first kappa shape index (κ1) is 15.9. The summed E-state index contributed by atoms with van der Waals surface area (Å²) < 4.78 is 44.9. The highest BCUT2D eigenvalue weighted by Crippen LogP contribution is 2.14. The van der Waals surface area contributed by atoms with Crippen LogP contribution in [0.5, 0.6) is 0 Å². The predicted octanol–water partition coefficient (Wildman–Crippen LogP) is 1.72. The zero-order valence-corrected chi connectivity index (χ0v) is 10.9. The van der Waals surface area contributed by atoms with Gasteiger partial charge in [-0.15, -0.1) is 0 Å². The molecule has 1 unspecified atom stereocenters. The van der Waals surface area contributed by atoms with Crippen molar-refractivity contribution in [3.8, 4) is 0 Å². The molecule has 8 heteroatoms. The number of hydrogen-bond acceptors (Lipinski definition) is 5. The van der Waals surface area contributed by atoms with Gasteiger partial charge in [0.2, 0.25) is 5.89 Å². The highest BCUT2D eigenvalue weighted by molar-refractivity contribution is 4.89. The molecule has 1 heterocycles. The van der Waals surface area contributed by atoms with Crippen LogP contribution in [0.3, 0.4) is 0 Å². The molecule has 0 radical (unpaired) electrons. The number of nitrogens with two attached hydrogens (primary N) is 1. The molecule has 1 aromatic heterocycles. The first-order chi connectivity index (χ1) is 8.78. The van der Waals surface area contributed by atoms with Crippen LogP contribution in [0.2, 0.25) is 0 Å². The van der Waals surface area contributed by atoms with E-state index in [0.29, 0.717) is 18.1 Å². The molecule has 5 nitrogen and oxygen atoms in total. The Hall–Kier alpha value is -1.15. The van der Waals surface area contributed by atoms with Crippen LogP contribution in [0.1, 0.15) is 25.6 Å². The minimum atomic E-state index is -4.31. The van der Waals surface area contributed by atoms with Crippen molar-refractivity contribution >= 4 is 0 Å². The van der Waals surface area contributed by atoms with Gasteiger partial charge in [-0.1, -0.05) is 19.0 Å². The van der Waals surface area contributed by atoms with Gasteiger partial charge in [0.1, 0.15) is 6.61 Å². The molecule has 0 bridgehead atoms. The molecule has 2 N–H and O–H groups in total. The van der Waals surface area contributed by atoms with Crippen LogP contribution in [0.4, 0.5) is 13.2 Å². The lowest BCUT2D eigenvalue weighted by Gasteiger charge is -2.11. The summed E-state index contributed by atoms with van der Waals surface area (Å²) in [6.45, 7) is 2.59. The second-order valence-electron chi connectivity index (χ2n) is 4.63. The summed E-state index contributed by atoms with van der Waals surface area (Å²) in [6.07, 6.45) is -3.68. The van der Waals surface area contributed by atoms with Gasteiger partial charge >= 0.3 is 6.18 Å². The summed E-state index contributed by atoms with van der Waals surface area (Å²) in [4.78, 5) is 4.05. The third-order valence-corrected chi connectivity index (χ3v) is 2.51. The average Bonchev–Trinajstić information content (AvgIpc) is 2.71. The standard InChI is InChI=1S/C11H18F3N3O2/c1-7(2)8(15)5-10-16-9(17-19-10)3-4-18-6-11(12,13)14/h7-8H,3-6,15H2,1-2H3. The maximum atomic E-state index is 11.8. The van der Waals surface area contributed by atoms with Gasteiger partial charge in [-0.3, -0.25) is 0 Å². The number of nitrogens with zero attached hydrogens (tertiary/aromatic N) is 2. The number of aromatic nitrogens is 2. The number of rotatable bonds is 7. The monoisotopic (exact) mass is 281 g/mol. The number of ether oxygens (including phenoxy) is 1. The van der Waals surface area contributed by atoms with Gasteiger partial charge in [-0.2, -0.15) is 18.2 Å². The summed E-state index contributed by atoms with van der Waals surface area (Å²) in [6, 6.07) is -0.0882. The molecular formula is C11H18F3N3O2. The lowest BCUT2D eigenvalue weighted by atomic mass is 10.0. The Labute approximate surface area is 109 Å². The highest BCUT2D eigenvalue weighted by Gasteiger charge is 2.27. The quantitative estimate of drug-likeness (QED) is 0.770. The molecule has 0 aromatic carbocycles. The van der Waals surface area contributed by atoms with Gasteiger partial charge in [-0.05, 0) is 5.92 Å². The molecule has 1 aromatic rings. The Balaban J connectivity index is 2.31. The van der Waals surface area contributed by atoms with Crippen LogP contribution in [0, 0.1) is 5.92 Å². The maximum Gasteiger partial charge on any atom is 0.411 e. The van der Waals surface area contributed by atoms with Crippen molar-refractivity contribution in [3.63, 3.8) is 0 Å². The Morgan fingerprint density at radius 3 is 2.63 bits per heavy atom. The van der Waals surface area contributed by atoms with Gasteiger partial charge in [0.05, 0.1) is 6.61 Å². The second kappa shape index (κ2) is 6.85. The summed E-state index contributed by atoms with van der Waals surface area (Å²) in [5.41, 5.74) is 5.85. The molecule has 0 fully saturated rings. The lowest BCUT2D eigenvalue weighted by molar-refractivity contribution is -0.173. The Morgan fingerprint density at radius 2 is 2.05 bits per heavy atom. The third kappa shape index (κ3) is 6.53. The average molecular weight is 281 g/mol. The summed E-state index contributed by atoms with van der Waals surface area (Å²) in [5, 5.41) is 3.66. The highest BCUT2D eigenvalue weighted by atomic mass is 19.4. The molecule has 110 valence electrons. The topological polar surface area (TPSA) is 74.2 Å². The van der Waals surface area contributed by atoms with Gasteiger partial charge in [0, 0.05) is 18.9 Å². The lowest BCUT2D eigenvalue weighted by Crippen LogP contribution is -2.28. The second-order valence-corrected chi connectivity index (χ2v) is 4.63. The number of hydrogen-bond donors (Lipinski definition) is 1. The van der Waals surface area contributed by atoms with Gasteiger partial charge in [0.15, 0.2) is 5.82 Å². The van der Waals surface area contributed by atoms with Crippen molar-refractivity contribution in [3.05, 3.63) is 11.7 Å². The normalized spacial score (nSPS) is 14.1. The molecule has 1 atom stereocenters. The molecule has 19 heavy (non-hydrogen) atoms. The maximum absolute atomic E-state index is 11.8. The fourth-order valence-electron chi connectivity index (χ4n) is 1.26. The smallest absolute Gasteiger partial charge is 0.372 e. The van der Waals surface area contributed by atoms with Crippen molar-refractivity contribution in [2.75, 3.05) is 13.2 Å². The van der Waals surface area contributed by atoms with E-state index in [0.717, 1.165) is 0 Å². The van der Waals surface area contributed by atoms with E-state index >= 15 is 0 Å². The number of alkyl halides is 3. The molecule has 0 spiro atoms. The van der Waals surface area contributed by atoms with E-state index in [9.17, 15) is 13.2 Å². The summed E-state index contributed by atoms with van der Waals surface area (Å²) in [7, 11) is 0. The fraction of sp³-hybridized carbons (Fsp3) is 0.818. The van der Waals surface area contributed by atoms with Crippen molar-refractivity contribution < 1.29 is 22.4 Å². The molecule has 0 aliphatic carbocycles. The van der Waals surface area contributed by atoms with E-state index in [1.54, 1.807) is 0 Å². The van der Waals surface area contributed by atoms with Crippen molar-refractivity contribution in [1.82, 2.24) is 10.1 Å². The molecule has 0 aliphatic rings. The largest absolute Gasteiger partial charge is 0.411 e. The van der Waals surface area contributed by atoms with Crippen LogP contribution >= 0.6 is 0 Å². The van der Waals surface area contributed by atoms with Crippen LogP contribution in [0.25, 0.3) is 0 Å². The van der Waals surface area contributed by atoms with Crippen LogP contribution in [0.15, 0.2) is 4.52 Å². The van der Waals surface area contributed by atoms with Crippen LogP contribution in [-0.4, -0.2) is 35.6 Å². The van der Waals surface area contributed by atoms with E-state index in [1.165, 1.54) is 0 Å². The molecule has 0 saturated carbocycles. The van der Waals surface area contributed by atoms with E-state index < -0.39 is 12.8 Å². The molecule has 1 rings (SSSR count). The van der Waals surface area contributed by atoms with E-state index in [1.807, 2.05) is 13.8 Å². The summed E-state index contributed by atoms with van der Waals surface area (Å²) in [5.74, 6) is 1.01. The SMILES string of the molecule is CC(C)C(N)Cc1nc(CCOCC(F)(F)F)no1. The Morgan fingerprint density at radius 1 is 1.37 bits per heavy atom. The molecule has 0 amide bonds. The molecule has 0 aliphatic heterocycles. The molecular weight excluding hydrogens is 263 g/mol.